The number of amides is 2. The predicted molar refractivity (Wildman–Crippen MR) is 77.2 cm³/mol. The Morgan fingerprint density at radius 3 is 3.14 bits per heavy atom. The predicted octanol–water partition coefficient (Wildman–Crippen LogP) is 0.484. The molecule has 0 radical (unpaired) electrons. The van der Waals surface area contributed by atoms with Crippen LogP contribution in [0.3, 0.4) is 0 Å². The van der Waals surface area contributed by atoms with E-state index in [0.29, 0.717) is 10.9 Å². The molecule has 1 aliphatic heterocycles. The molecule has 2 amide bonds. The Morgan fingerprint density at radius 2 is 2.38 bits per heavy atom. The molecule has 0 aliphatic carbocycles. The van der Waals surface area contributed by atoms with Crippen molar-refractivity contribution >= 4 is 39.9 Å². The first-order valence-corrected chi connectivity index (χ1v) is 6.90. The number of hydrogen-bond acceptors (Lipinski definition) is 7. The molecular formula is C12H11N5O3S. The normalized spacial score (nSPS) is 13.5. The Bertz CT molecular complexity index is 688. The summed E-state index contributed by atoms with van der Waals surface area (Å²) in [5.41, 5.74) is 5.62. The highest BCUT2D eigenvalue weighted by Gasteiger charge is 2.29. The van der Waals surface area contributed by atoms with Crippen molar-refractivity contribution in [3.05, 3.63) is 23.7 Å². The van der Waals surface area contributed by atoms with Crippen molar-refractivity contribution in [3.63, 3.8) is 0 Å². The summed E-state index contributed by atoms with van der Waals surface area (Å²) < 4.78 is 5.26. The van der Waals surface area contributed by atoms with E-state index >= 15 is 0 Å². The molecule has 8 nitrogen and oxygen atoms in total. The highest BCUT2D eigenvalue weighted by atomic mass is 32.1. The minimum Gasteiger partial charge on any atom is -0.480 e. The number of aromatic nitrogens is 2. The second kappa shape index (κ2) is 5.37. The van der Waals surface area contributed by atoms with Crippen molar-refractivity contribution in [1.82, 2.24) is 9.97 Å². The number of hydrogen-bond donors (Lipinski definition) is 2. The first-order chi connectivity index (χ1) is 10.1. The summed E-state index contributed by atoms with van der Waals surface area (Å²) in [4.78, 5) is 33.2. The molecule has 0 fully saturated rings. The third-order valence-corrected chi connectivity index (χ3v) is 3.44. The number of rotatable bonds is 3. The number of thiazole rings is 1. The third-order valence-electron chi connectivity index (χ3n) is 2.75. The van der Waals surface area contributed by atoms with E-state index in [0.717, 1.165) is 0 Å². The van der Waals surface area contributed by atoms with Gasteiger partial charge in [-0.2, -0.15) is 0 Å². The monoisotopic (exact) mass is 305 g/mol. The number of fused-ring (bicyclic) bond motifs is 1. The van der Waals surface area contributed by atoms with E-state index in [1.165, 1.54) is 16.2 Å². The summed E-state index contributed by atoms with van der Waals surface area (Å²) in [5, 5.41) is 4.83. The zero-order valence-electron chi connectivity index (χ0n) is 10.8. The molecule has 3 rings (SSSR count). The van der Waals surface area contributed by atoms with Gasteiger partial charge in [-0.25, -0.2) is 9.97 Å². The van der Waals surface area contributed by atoms with E-state index in [-0.39, 0.29) is 36.6 Å². The van der Waals surface area contributed by atoms with Crippen LogP contribution in [0, 0.1) is 0 Å². The van der Waals surface area contributed by atoms with Gasteiger partial charge in [0.2, 0.25) is 5.91 Å². The van der Waals surface area contributed by atoms with Gasteiger partial charge in [0.25, 0.3) is 5.91 Å². The number of carbonyl (C=O) groups excluding carboxylic acids is 2. The molecule has 0 saturated carbocycles. The third kappa shape index (κ3) is 2.77. The Labute approximate surface area is 123 Å². The smallest absolute Gasteiger partial charge is 0.266 e. The fourth-order valence-corrected chi connectivity index (χ4v) is 2.39. The quantitative estimate of drug-likeness (QED) is 0.853. The number of carbonyl (C=O) groups is 2. The summed E-state index contributed by atoms with van der Waals surface area (Å²) in [6.07, 6.45) is 1.58. The van der Waals surface area contributed by atoms with Crippen molar-refractivity contribution in [2.75, 3.05) is 29.1 Å². The lowest BCUT2D eigenvalue weighted by Gasteiger charge is -2.27. The van der Waals surface area contributed by atoms with Crippen LogP contribution in [0.1, 0.15) is 0 Å². The fraction of sp³-hybridized carbons (Fsp3) is 0.167. The van der Waals surface area contributed by atoms with Crippen LogP contribution < -0.4 is 20.7 Å². The fourth-order valence-electron chi connectivity index (χ4n) is 1.84. The number of pyridine rings is 1. The first kappa shape index (κ1) is 13.3. The molecule has 2 aromatic rings. The molecule has 0 unspecified atom stereocenters. The number of nitrogens with one attached hydrogen (secondary N) is 1. The van der Waals surface area contributed by atoms with Crippen molar-refractivity contribution in [2.45, 2.75) is 0 Å². The molecule has 0 bridgehead atoms. The standard InChI is InChI=1S/C12H11N5O3S/c13-8-2-1-7-11(15-8)17(10(19)6-20-7)5-9(18)16-12-14-3-4-21-12/h1-4H,5-6H2,(H2,13,15)(H,14,16,18). The minimum absolute atomic E-state index is 0.136. The van der Waals surface area contributed by atoms with Crippen LogP contribution in [0.5, 0.6) is 5.75 Å². The van der Waals surface area contributed by atoms with Gasteiger partial charge in [-0.15, -0.1) is 11.3 Å². The van der Waals surface area contributed by atoms with Crippen LogP contribution in [-0.2, 0) is 9.59 Å². The molecule has 9 heteroatoms. The van der Waals surface area contributed by atoms with Crippen molar-refractivity contribution in [2.24, 2.45) is 0 Å². The minimum atomic E-state index is -0.365. The SMILES string of the molecule is Nc1ccc2c(n1)N(CC(=O)Nc1nccs1)C(=O)CO2. The molecule has 2 aromatic heterocycles. The number of nitrogens with two attached hydrogens (primary N) is 1. The average molecular weight is 305 g/mol. The number of ether oxygens (including phenoxy) is 1. The maximum Gasteiger partial charge on any atom is 0.266 e. The zero-order chi connectivity index (χ0) is 14.8. The molecule has 108 valence electrons. The second-order valence-corrected chi connectivity index (χ2v) is 5.11. The van der Waals surface area contributed by atoms with Gasteiger partial charge in [-0.3, -0.25) is 14.5 Å². The van der Waals surface area contributed by atoms with Gasteiger partial charge in [0.1, 0.15) is 12.4 Å². The van der Waals surface area contributed by atoms with Gasteiger partial charge < -0.3 is 15.8 Å². The Kier molecular flexibility index (Phi) is 3.40. The summed E-state index contributed by atoms with van der Waals surface area (Å²) in [7, 11) is 0. The zero-order valence-corrected chi connectivity index (χ0v) is 11.6. The van der Waals surface area contributed by atoms with E-state index < -0.39 is 0 Å². The molecule has 21 heavy (non-hydrogen) atoms. The van der Waals surface area contributed by atoms with Gasteiger partial charge in [-0.1, -0.05) is 0 Å². The summed E-state index contributed by atoms with van der Waals surface area (Å²) in [6.45, 7) is -0.311. The Balaban J connectivity index is 1.80. The van der Waals surface area contributed by atoms with Crippen LogP contribution in [0.15, 0.2) is 23.7 Å². The molecule has 0 atom stereocenters. The van der Waals surface area contributed by atoms with Crippen LogP contribution in [0.2, 0.25) is 0 Å². The number of nitrogens with zero attached hydrogens (tertiary/aromatic N) is 3. The van der Waals surface area contributed by atoms with Crippen molar-refractivity contribution in [1.29, 1.82) is 0 Å². The molecule has 1 aliphatic rings. The van der Waals surface area contributed by atoms with E-state index in [1.807, 2.05) is 0 Å². The van der Waals surface area contributed by atoms with Crippen LogP contribution in [0.4, 0.5) is 16.8 Å². The van der Waals surface area contributed by atoms with Crippen molar-refractivity contribution < 1.29 is 14.3 Å². The van der Waals surface area contributed by atoms with Crippen LogP contribution >= 0.6 is 11.3 Å². The topological polar surface area (TPSA) is 110 Å². The maximum absolute atomic E-state index is 12.0. The van der Waals surface area contributed by atoms with Gasteiger partial charge in [0.05, 0.1) is 0 Å². The summed E-state index contributed by atoms with van der Waals surface area (Å²) in [5.74, 6) is 0.203. The number of nitrogen functional groups attached to an aromatic ring is 1. The number of anilines is 3. The van der Waals surface area contributed by atoms with E-state index in [1.54, 1.807) is 23.7 Å². The lowest BCUT2D eigenvalue weighted by Crippen LogP contribution is -2.44. The highest BCUT2D eigenvalue weighted by molar-refractivity contribution is 7.13. The Hall–Kier alpha value is -2.68. The van der Waals surface area contributed by atoms with E-state index in [9.17, 15) is 9.59 Å². The summed E-state index contributed by atoms with van der Waals surface area (Å²) in [6, 6.07) is 3.19. The lowest BCUT2D eigenvalue weighted by atomic mass is 10.3. The van der Waals surface area contributed by atoms with Gasteiger partial charge in [0.15, 0.2) is 23.3 Å². The second-order valence-electron chi connectivity index (χ2n) is 4.21. The van der Waals surface area contributed by atoms with E-state index in [2.05, 4.69) is 15.3 Å². The van der Waals surface area contributed by atoms with Gasteiger partial charge >= 0.3 is 0 Å². The van der Waals surface area contributed by atoms with Gasteiger partial charge in [-0.05, 0) is 12.1 Å². The van der Waals surface area contributed by atoms with E-state index in [4.69, 9.17) is 10.5 Å². The first-order valence-electron chi connectivity index (χ1n) is 6.02. The van der Waals surface area contributed by atoms with Crippen LogP contribution in [0.25, 0.3) is 0 Å². The maximum atomic E-state index is 12.0. The largest absolute Gasteiger partial charge is 0.480 e. The molecule has 0 aromatic carbocycles. The molecule has 3 heterocycles. The molecule has 3 N–H and O–H groups in total. The lowest BCUT2D eigenvalue weighted by molar-refractivity contribution is -0.123. The highest BCUT2D eigenvalue weighted by Crippen LogP contribution is 2.30. The molecule has 0 saturated heterocycles. The summed E-state index contributed by atoms with van der Waals surface area (Å²) >= 11 is 1.30. The van der Waals surface area contributed by atoms with Crippen LogP contribution in [-0.4, -0.2) is 34.9 Å². The Morgan fingerprint density at radius 1 is 1.52 bits per heavy atom. The molecular weight excluding hydrogens is 294 g/mol. The van der Waals surface area contributed by atoms with Crippen molar-refractivity contribution in [3.8, 4) is 5.75 Å². The molecule has 0 spiro atoms. The average Bonchev–Trinajstić information content (AvgIpc) is 2.95. The van der Waals surface area contributed by atoms with Gasteiger partial charge in [0, 0.05) is 11.6 Å².